The Bertz CT molecular complexity index is 557. The van der Waals surface area contributed by atoms with Gasteiger partial charge in [-0.2, -0.15) is 0 Å². The van der Waals surface area contributed by atoms with E-state index in [0.717, 1.165) is 32.4 Å². The van der Waals surface area contributed by atoms with Crippen molar-refractivity contribution >= 4 is 6.03 Å². The molecule has 2 atom stereocenters. The number of pyridine rings is 1. The molecule has 23 heavy (non-hydrogen) atoms. The van der Waals surface area contributed by atoms with Gasteiger partial charge < -0.3 is 10.2 Å². The molecule has 4 heteroatoms. The second-order valence-corrected chi connectivity index (χ2v) is 8.54. The summed E-state index contributed by atoms with van der Waals surface area (Å²) in [6.07, 6.45) is 9.13. The van der Waals surface area contributed by atoms with E-state index >= 15 is 0 Å². The maximum Gasteiger partial charge on any atom is 0.317 e. The number of urea groups is 1. The molecule has 126 valence electrons. The van der Waals surface area contributed by atoms with Gasteiger partial charge in [0.2, 0.25) is 0 Å². The van der Waals surface area contributed by atoms with Crippen LogP contribution < -0.4 is 5.32 Å². The molecular weight excluding hydrogens is 286 g/mol. The second-order valence-electron chi connectivity index (χ2n) is 8.54. The van der Waals surface area contributed by atoms with Gasteiger partial charge in [0.05, 0.1) is 0 Å². The van der Waals surface area contributed by atoms with E-state index in [1.54, 1.807) is 6.20 Å². The first-order chi connectivity index (χ1) is 10.9. The number of likely N-dealkylation sites (tertiary alicyclic amines) is 1. The van der Waals surface area contributed by atoms with Crippen molar-refractivity contribution in [3.8, 4) is 0 Å². The molecule has 1 aromatic heterocycles. The number of carbonyl (C=O) groups is 1. The van der Waals surface area contributed by atoms with Crippen molar-refractivity contribution in [2.75, 3.05) is 13.1 Å². The van der Waals surface area contributed by atoms with E-state index in [2.05, 4.69) is 42.0 Å². The quantitative estimate of drug-likeness (QED) is 0.863. The largest absolute Gasteiger partial charge is 0.338 e. The summed E-state index contributed by atoms with van der Waals surface area (Å²) in [5.41, 5.74) is 1.89. The Morgan fingerprint density at radius 1 is 1.39 bits per heavy atom. The third-order valence-electron chi connectivity index (χ3n) is 5.32. The maximum absolute atomic E-state index is 12.6. The third kappa shape index (κ3) is 3.85. The fourth-order valence-electron chi connectivity index (χ4n) is 4.83. The van der Waals surface area contributed by atoms with Gasteiger partial charge in [-0.3, -0.25) is 4.98 Å². The van der Waals surface area contributed by atoms with Gasteiger partial charge in [0.15, 0.2) is 0 Å². The summed E-state index contributed by atoms with van der Waals surface area (Å²) in [7, 11) is 0. The Hall–Kier alpha value is -1.58. The van der Waals surface area contributed by atoms with Crippen molar-refractivity contribution in [2.24, 2.45) is 10.8 Å². The number of nitrogens with zero attached hydrogens (tertiary/aromatic N) is 2. The predicted octanol–water partition coefficient (Wildman–Crippen LogP) is 3.62. The lowest BCUT2D eigenvalue weighted by molar-refractivity contribution is 0.129. The van der Waals surface area contributed by atoms with Crippen molar-refractivity contribution in [3.63, 3.8) is 0 Å². The van der Waals surface area contributed by atoms with E-state index in [-0.39, 0.29) is 6.03 Å². The highest BCUT2D eigenvalue weighted by Crippen LogP contribution is 2.52. The van der Waals surface area contributed by atoms with Crippen LogP contribution in [0.4, 0.5) is 4.79 Å². The maximum atomic E-state index is 12.6. The first-order valence-corrected chi connectivity index (χ1v) is 8.80. The van der Waals surface area contributed by atoms with Crippen LogP contribution in [0.3, 0.4) is 0 Å². The zero-order chi connectivity index (χ0) is 16.5. The Morgan fingerprint density at radius 2 is 2.22 bits per heavy atom. The second kappa shape index (κ2) is 6.14. The molecule has 1 N–H and O–H groups in total. The van der Waals surface area contributed by atoms with Gasteiger partial charge in [-0.1, -0.05) is 26.8 Å². The molecule has 0 spiro atoms. The predicted molar refractivity (Wildman–Crippen MR) is 92.2 cm³/mol. The third-order valence-corrected chi connectivity index (χ3v) is 5.32. The van der Waals surface area contributed by atoms with Gasteiger partial charge in [-0.15, -0.1) is 0 Å². The fraction of sp³-hybridized carbons (Fsp3) is 0.684. The molecule has 0 aromatic carbocycles. The van der Waals surface area contributed by atoms with E-state index in [4.69, 9.17) is 0 Å². The summed E-state index contributed by atoms with van der Waals surface area (Å²) in [4.78, 5) is 18.8. The summed E-state index contributed by atoms with van der Waals surface area (Å²) in [6, 6.07) is 4.59. The lowest BCUT2D eigenvalue weighted by Crippen LogP contribution is -2.44. The molecule has 2 amide bonds. The average molecular weight is 315 g/mol. The molecule has 1 aliphatic heterocycles. The molecule has 0 radical (unpaired) electrons. The summed E-state index contributed by atoms with van der Waals surface area (Å²) in [5.74, 6) is 0. The van der Waals surface area contributed by atoms with Crippen molar-refractivity contribution in [1.29, 1.82) is 0 Å². The molecule has 0 unspecified atom stereocenters. The van der Waals surface area contributed by atoms with E-state index in [1.807, 2.05) is 12.3 Å². The number of nitrogens with one attached hydrogen (secondary N) is 1. The molecule has 4 nitrogen and oxygen atoms in total. The summed E-state index contributed by atoms with van der Waals surface area (Å²) in [6.45, 7) is 8.67. The number of aromatic nitrogens is 1. The normalized spacial score (nSPS) is 28.7. The van der Waals surface area contributed by atoms with Crippen LogP contribution in [-0.4, -0.2) is 35.0 Å². The molecule has 3 rings (SSSR count). The minimum atomic E-state index is 0.127. The minimum Gasteiger partial charge on any atom is -0.338 e. The van der Waals surface area contributed by atoms with Gasteiger partial charge in [0.1, 0.15) is 0 Å². The van der Waals surface area contributed by atoms with Crippen LogP contribution in [0.2, 0.25) is 0 Å². The Morgan fingerprint density at radius 3 is 2.96 bits per heavy atom. The lowest BCUT2D eigenvalue weighted by Gasteiger charge is -2.39. The van der Waals surface area contributed by atoms with Crippen LogP contribution >= 0.6 is 0 Å². The monoisotopic (exact) mass is 315 g/mol. The Kier molecular flexibility index (Phi) is 4.35. The minimum absolute atomic E-state index is 0.127. The van der Waals surface area contributed by atoms with Crippen LogP contribution in [0.5, 0.6) is 0 Å². The number of aryl methyl sites for hydroxylation is 1. The smallest absolute Gasteiger partial charge is 0.317 e. The van der Waals surface area contributed by atoms with Crippen molar-refractivity contribution < 1.29 is 4.79 Å². The van der Waals surface area contributed by atoms with Crippen molar-refractivity contribution in [1.82, 2.24) is 15.2 Å². The van der Waals surface area contributed by atoms with Gasteiger partial charge in [-0.25, -0.2) is 4.79 Å². The lowest BCUT2D eigenvalue weighted by atomic mass is 9.65. The number of fused-ring (bicyclic) bond motifs is 2. The number of hydrogen-bond donors (Lipinski definition) is 1. The summed E-state index contributed by atoms with van der Waals surface area (Å²) >= 11 is 0. The van der Waals surface area contributed by atoms with Crippen LogP contribution in [0.25, 0.3) is 0 Å². The summed E-state index contributed by atoms with van der Waals surface area (Å²) < 4.78 is 0. The molecule has 1 saturated carbocycles. The number of hydrogen-bond acceptors (Lipinski definition) is 2. The standard InChI is InChI=1S/C19H29N3O/c1-18(2)10-16-11-19(3,13-18)14-22(16)17(23)21-9-5-7-15-6-4-8-20-12-15/h4,6,8,12,16H,5,7,9-11,13-14H2,1-3H3,(H,21,23)/t16-,19-/m1/s1. The topological polar surface area (TPSA) is 45.2 Å². The zero-order valence-electron chi connectivity index (χ0n) is 14.6. The van der Waals surface area contributed by atoms with Gasteiger partial charge in [0, 0.05) is 31.5 Å². The molecule has 2 heterocycles. The van der Waals surface area contributed by atoms with Crippen LogP contribution in [0.1, 0.15) is 52.0 Å². The molecule has 2 fully saturated rings. The molecule has 1 saturated heterocycles. The zero-order valence-corrected chi connectivity index (χ0v) is 14.6. The molecule has 2 aliphatic rings. The number of rotatable bonds is 4. The summed E-state index contributed by atoms with van der Waals surface area (Å²) in [5, 5.41) is 3.12. The van der Waals surface area contributed by atoms with E-state index in [9.17, 15) is 4.79 Å². The number of amides is 2. The molecule has 1 aromatic rings. The van der Waals surface area contributed by atoms with Gasteiger partial charge >= 0.3 is 6.03 Å². The van der Waals surface area contributed by atoms with Crippen LogP contribution in [0.15, 0.2) is 24.5 Å². The first kappa shape index (κ1) is 16.3. The van der Waals surface area contributed by atoms with Crippen LogP contribution in [-0.2, 0) is 6.42 Å². The van der Waals surface area contributed by atoms with E-state index in [1.165, 1.54) is 18.4 Å². The van der Waals surface area contributed by atoms with Crippen molar-refractivity contribution in [2.45, 2.75) is 58.9 Å². The van der Waals surface area contributed by atoms with Gasteiger partial charge in [-0.05, 0) is 54.6 Å². The highest BCUT2D eigenvalue weighted by Gasteiger charge is 2.50. The highest BCUT2D eigenvalue weighted by atomic mass is 16.2. The Balaban J connectivity index is 1.48. The number of carbonyl (C=O) groups excluding carboxylic acids is 1. The van der Waals surface area contributed by atoms with Crippen LogP contribution in [0, 0.1) is 10.8 Å². The van der Waals surface area contributed by atoms with Crippen molar-refractivity contribution in [3.05, 3.63) is 30.1 Å². The fourth-order valence-corrected chi connectivity index (χ4v) is 4.83. The van der Waals surface area contributed by atoms with E-state index in [0.29, 0.717) is 16.9 Å². The van der Waals surface area contributed by atoms with E-state index < -0.39 is 0 Å². The molecule has 2 bridgehead atoms. The SMILES string of the molecule is CC1(C)C[C@@H]2C[C@@](C)(CN2C(=O)NCCCc2cccnc2)C1. The first-order valence-electron chi connectivity index (χ1n) is 8.80. The average Bonchev–Trinajstić information content (AvgIpc) is 2.73. The Labute approximate surface area is 139 Å². The highest BCUT2D eigenvalue weighted by molar-refractivity contribution is 5.75. The van der Waals surface area contributed by atoms with Gasteiger partial charge in [0.25, 0.3) is 0 Å². The molecular formula is C19H29N3O. The molecule has 1 aliphatic carbocycles.